The van der Waals surface area contributed by atoms with Crippen molar-refractivity contribution in [3.05, 3.63) is 101 Å². The highest BCUT2D eigenvalue weighted by molar-refractivity contribution is 5.93. The van der Waals surface area contributed by atoms with Crippen LogP contribution in [0.15, 0.2) is 78.9 Å². The maximum atomic E-state index is 13.9. The summed E-state index contributed by atoms with van der Waals surface area (Å²) in [6.07, 6.45) is 0. The van der Waals surface area contributed by atoms with Crippen molar-refractivity contribution in [2.45, 2.75) is 25.4 Å². The highest BCUT2D eigenvalue weighted by atomic mass is 16.1. The molecule has 0 amide bonds. The van der Waals surface area contributed by atoms with Gasteiger partial charge in [-0.3, -0.25) is 9.69 Å². The monoisotopic (exact) mass is 413 g/mol. The Morgan fingerprint density at radius 3 is 2.16 bits per heavy atom. The minimum atomic E-state index is -0.257. The fourth-order valence-corrected chi connectivity index (χ4v) is 4.59. The number of benzene rings is 3. The Bertz CT molecular complexity index is 978. The van der Waals surface area contributed by atoms with E-state index in [4.69, 9.17) is 0 Å². The largest absolute Gasteiger partial charge is 0.377 e. The lowest BCUT2D eigenvalue weighted by molar-refractivity contribution is -0.123. The van der Waals surface area contributed by atoms with Crippen LogP contribution in [0.25, 0.3) is 0 Å². The molecule has 1 heterocycles. The van der Waals surface area contributed by atoms with E-state index < -0.39 is 0 Å². The molecular formula is C27H31N3O. The van der Waals surface area contributed by atoms with Crippen molar-refractivity contribution < 1.29 is 4.79 Å². The number of hydrogen-bond acceptors (Lipinski definition) is 4. The van der Waals surface area contributed by atoms with Gasteiger partial charge in [0.25, 0.3) is 0 Å². The minimum absolute atomic E-state index is 0.153. The number of carbonyl (C=O) groups excluding carboxylic acids is 1. The molecule has 31 heavy (non-hydrogen) atoms. The normalized spacial score (nSPS) is 16.6. The average molecular weight is 414 g/mol. The average Bonchev–Trinajstić information content (AvgIpc) is 3.23. The second-order valence-electron chi connectivity index (χ2n) is 8.55. The van der Waals surface area contributed by atoms with Crippen LogP contribution in [0.2, 0.25) is 0 Å². The number of anilines is 1. The van der Waals surface area contributed by atoms with E-state index in [1.165, 1.54) is 16.8 Å². The molecule has 0 spiro atoms. The predicted molar refractivity (Wildman–Crippen MR) is 127 cm³/mol. The first-order valence-corrected chi connectivity index (χ1v) is 10.9. The molecule has 1 saturated heterocycles. The van der Waals surface area contributed by atoms with Crippen LogP contribution in [0, 0.1) is 6.92 Å². The summed E-state index contributed by atoms with van der Waals surface area (Å²) >= 11 is 0. The first-order chi connectivity index (χ1) is 15.0. The fourth-order valence-electron chi connectivity index (χ4n) is 4.59. The Balaban J connectivity index is 1.59. The molecule has 1 aliphatic heterocycles. The molecule has 3 aromatic carbocycles. The van der Waals surface area contributed by atoms with Gasteiger partial charge in [0.1, 0.15) is 0 Å². The summed E-state index contributed by atoms with van der Waals surface area (Å²) in [4.78, 5) is 18.3. The number of aryl methyl sites for hydroxylation is 1. The first-order valence-electron chi connectivity index (χ1n) is 10.9. The number of hydrogen-bond donors (Lipinski definition) is 1. The van der Waals surface area contributed by atoms with Crippen LogP contribution in [0.4, 0.5) is 5.69 Å². The fraction of sp³-hybridized carbons (Fsp3) is 0.296. The molecule has 4 rings (SSSR count). The summed E-state index contributed by atoms with van der Waals surface area (Å²) in [7, 11) is 4.13. The first kappa shape index (κ1) is 21.3. The maximum absolute atomic E-state index is 13.9. The highest BCUT2D eigenvalue weighted by Gasteiger charge is 2.36. The highest BCUT2D eigenvalue weighted by Crippen LogP contribution is 2.29. The second-order valence-corrected chi connectivity index (χ2v) is 8.55. The predicted octanol–water partition coefficient (Wildman–Crippen LogP) is 4.19. The van der Waals surface area contributed by atoms with Gasteiger partial charge in [-0.15, -0.1) is 0 Å². The van der Waals surface area contributed by atoms with Gasteiger partial charge in [0.15, 0.2) is 5.78 Å². The van der Waals surface area contributed by atoms with Gasteiger partial charge in [0.2, 0.25) is 0 Å². The summed E-state index contributed by atoms with van der Waals surface area (Å²) < 4.78 is 0. The standard InChI is InChI=1S/C27H31N3O/c1-20-16-21(14-15-24(20)29(2)3)18-30-19-28-17-25(30)27(31)26(22-10-6-4-7-11-22)23-12-8-5-9-13-23/h4-16,25-26,28H,17-19H2,1-3H3. The Kier molecular flexibility index (Phi) is 6.50. The molecule has 160 valence electrons. The van der Waals surface area contributed by atoms with Crippen LogP contribution < -0.4 is 10.2 Å². The molecule has 3 aromatic rings. The zero-order chi connectivity index (χ0) is 21.8. The quantitative estimate of drug-likeness (QED) is 0.630. The van der Waals surface area contributed by atoms with E-state index in [2.05, 4.69) is 78.6 Å². The summed E-state index contributed by atoms with van der Waals surface area (Å²) in [6, 6.07) is 26.7. The minimum Gasteiger partial charge on any atom is -0.377 e. The SMILES string of the molecule is Cc1cc(CN2CNCC2C(=O)C(c2ccccc2)c2ccccc2)ccc1N(C)C. The van der Waals surface area contributed by atoms with E-state index >= 15 is 0 Å². The topological polar surface area (TPSA) is 35.6 Å². The molecule has 0 aromatic heterocycles. The molecule has 1 atom stereocenters. The lowest BCUT2D eigenvalue weighted by Gasteiger charge is -2.27. The van der Waals surface area contributed by atoms with Crippen LogP contribution >= 0.6 is 0 Å². The third-order valence-corrected chi connectivity index (χ3v) is 6.10. The van der Waals surface area contributed by atoms with Crippen molar-refractivity contribution >= 4 is 11.5 Å². The van der Waals surface area contributed by atoms with Crippen molar-refractivity contribution in [3.8, 4) is 0 Å². The molecule has 0 saturated carbocycles. The smallest absolute Gasteiger partial charge is 0.163 e. The van der Waals surface area contributed by atoms with Gasteiger partial charge >= 0.3 is 0 Å². The van der Waals surface area contributed by atoms with Gasteiger partial charge in [-0.25, -0.2) is 0 Å². The van der Waals surface area contributed by atoms with E-state index in [-0.39, 0.29) is 17.7 Å². The van der Waals surface area contributed by atoms with Gasteiger partial charge in [-0.05, 0) is 35.2 Å². The Hall–Kier alpha value is -2.95. The number of ketones is 1. The molecule has 0 radical (unpaired) electrons. The summed E-state index contributed by atoms with van der Waals surface area (Å²) in [5.74, 6) is -0.00307. The van der Waals surface area contributed by atoms with Gasteiger partial charge in [-0.1, -0.05) is 72.8 Å². The lowest BCUT2D eigenvalue weighted by Crippen LogP contribution is -2.40. The molecule has 4 heteroatoms. The van der Waals surface area contributed by atoms with E-state index in [1.54, 1.807) is 0 Å². The van der Waals surface area contributed by atoms with Gasteiger partial charge in [0.05, 0.1) is 12.0 Å². The summed E-state index contributed by atoms with van der Waals surface area (Å²) in [5.41, 5.74) is 5.82. The van der Waals surface area contributed by atoms with E-state index in [1.807, 2.05) is 36.4 Å². The number of carbonyl (C=O) groups is 1. The Morgan fingerprint density at radius 2 is 1.61 bits per heavy atom. The molecule has 4 nitrogen and oxygen atoms in total. The van der Waals surface area contributed by atoms with Gasteiger partial charge in [0, 0.05) is 39.5 Å². The third kappa shape index (κ3) is 4.71. The van der Waals surface area contributed by atoms with Crippen molar-refractivity contribution in [1.82, 2.24) is 10.2 Å². The number of nitrogens with one attached hydrogen (secondary N) is 1. The van der Waals surface area contributed by atoms with Crippen molar-refractivity contribution in [1.29, 1.82) is 0 Å². The van der Waals surface area contributed by atoms with Crippen LogP contribution in [-0.2, 0) is 11.3 Å². The number of Topliss-reactive ketones (excluding diaryl/α,β-unsaturated/α-hetero) is 1. The molecule has 0 bridgehead atoms. The third-order valence-electron chi connectivity index (χ3n) is 6.10. The molecule has 1 fully saturated rings. The van der Waals surface area contributed by atoms with Crippen LogP contribution in [0.3, 0.4) is 0 Å². The van der Waals surface area contributed by atoms with Crippen LogP contribution in [0.5, 0.6) is 0 Å². The molecular weight excluding hydrogens is 382 g/mol. The van der Waals surface area contributed by atoms with E-state index in [0.29, 0.717) is 6.54 Å². The zero-order valence-corrected chi connectivity index (χ0v) is 18.6. The Morgan fingerprint density at radius 1 is 1.00 bits per heavy atom. The summed E-state index contributed by atoms with van der Waals surface area (Å²) in [5, 5.41) is 3.42. The molecule has 1 unspecified atom stereocenters. The van der Waals surface area contributed by atoms with Crippen LogP contribution in [-0.4, -0.2) is 44.0 Å². The Labute approximate surface area is 185 Å². The van der Waals surface area contributed by atoms with Crippen molar-refractivity contribution in [3.63, 3.8) is 0 Å². The van der Waals surface area contributed by atoms with Crippen LogP contribution in [0.1, 0.15) is 28.2 Å². The summed E-state index contributed by atoms with van der Waals surface area (Å²) in [6.45, 7) is 4.31. The zero-order valence-electron chi connectivity index (χ0n) is 18.6. The lowest BCUT2D eigenvalue weighted by atomic mass is 9.84. The second kappa shape index (κ2) is 9.46. The maximum Gasteiger partial charge on any atom is 0.163 e. The number of nitrogens with zero attached hydrogens (tertiary/aromatic N) is 2. The van der Waals surface area contributed by atoms with Gasteiger partial charge in [-0.2, -0.15) is 0 Å². The molecule has 1 aliphatic rings. The number of rotatable bonds is 7. The molecule has 0 aliphatic carbocycles. The van der Waals surface area contributed by atoms with Crippen molar-refractivity contribution in [2.24, 2.45) is 0 Å². The van der Waals surface area contributed by atoms with Crippen molar-refractivity contribution in [2.75, 3.05) is 32.2 Å². The van der Waals surface area contributed by atoms with E-state index in [0.717, 1.165) is 24.3 Å². The van der Waals surface area contributed by atoms with Gasteiger partial charge < -0.3 is 10.2 Å². The van der Waals surface area contributed by atoms with E-state index in [9.17, 15) is 4.79 Å². The molecule has 1 N–H and O–H groups in total.